The van der Waals surface area contributed by atoms with E-state index in [4.69, 9.17) is 0 Å². The fourth-order valence-electron chi connectivity index (χ4n) is 4.83. The maximum atomic E-state index is 2.49. The Balaban J connectivity index is 1.76. The van der Waals surface area contributed by atoms with Crippen LogP contribution in [0, 0.1) is 6.92 Å². The first-order valence-corrected chi connectivity index (χ1v) is 10.4. The fourth-order valence-corrected chi connectivity index (χ4v) is 8.20. The molecule has 2 heterocycles. The van der Waals surface area contributed by atoms with Crippen molar-refractivity contribution >= 4 is 23.5 Å². The van der Waals surface area contributed by atoms with Crippen molar-refractivity contribution in [1.82, 2.24) is 0 Å². The van der Waals surface area contributed by atoms with Gasteiger partial charge in [0.15, 0.2) is 0 Å². The van der Waals surface area contributed by atoms with E-state index in [1.54, 1.807) is 5.56 Å². The molecule has 1 aliphatic carbocycles. The normalized spacial score (nSPS) is 32.5. The Labute approximate surface area is 152 Å². The number of rotatable bonds is 0. The van der Waals surface area contributed by atoms with E-state index >= 15 is 0 Å². The summed E-state index contributed by atoms with van der Waals surface area (Å²) < 4.78 is 0.0792. The molecule has 0 N–H and O–H groups in total. The molecule has 120 valence electrons. The van der Waals surface area contributed by atoms with Crippen LogP contribution in [0.5, 0.6) is 0 Å². The van der Waals surface area contributed by atoms with E-state index in [-0.39, 0.29) is 10.2 Å². The molecule has 0 saturated heterocycles. The van der Waals surface area contributed by atoms with Gasteiger partial charge in [-0.15, -0.1) is 23.5 Å². The number of benzene rings is 2. The lowest BCUT2D eigenvalue weighted by Gasteiger charge is -2.47. The second kappa shape index (κ2) is 5.06. The highest BCUT2D eigenvalue weighted by Gasteiger charge is 2.60. The van der Waals surface area contributed by atoms with Gasteiger partial charge in [0.05, 0.1) is 4.75 Å². The highest BCUT2D eigenvalue weighted by atomic mass is 32.2. The third-order valence-corrected chi connectivity index (χ3v) is 9.03. The van der Waals surface area contributed by atoms with Crippen molar-refractivity contribution in [1.29, 1.82) is 0 Å². The van der Waals surface area contributed by atoms with Crippen LogP contribution >= 0.6 is 23.5 Å². The van der Waals surface area contributed by atoms with Gasteiger partial charge in [-0.2, -0.15) is 0 Å². The van der Waals surface area contributed by atoms with E-state index in [0.29, 0.717) is 5.92 Å². The van der Waals surface area contributed by atoms with Crippen LogP contribution in [-0.4, -0.2) is 10.5 Å². The molecule has 2 aromatic rings. The minimum atomic E-state index is 0.0792. The topological polar surface area (TPSA) is 0 Å². The summed E-state index contributed by atoms with van der Waals surface area (Å²) in [6.45, 7) is 4.70. The molecule has 0 radical (unpaired) electrons. The molecule has 2 aliphatic heterocycles. The SMILES string of the molecule is Cc1cccc2c1C(C)C1(C=CC=CC13CSc1ccccc13)S2. The lowest BCUT2D eigenvalue weighted by atomic mass is 9.63. The van der Waals surface area contributed by atoms with Crippen LogP contribution in [0.3, 0.4) is 0 Å². The summed E-state index contributed by atoms with van der Waals surface area (Å²) in [6, 6.07) is 15.8. The Bertz CT molecular complexity index is 895. The van der Waals surface area contributed by atoms with Crippen LogP contribution < -0.4 is 0 Å². The monoisotopic (exact) mass is 348 g/mol. The van der Waals surface area contributed by atoms with Gasteiger partial charge in [-0.25, -0.2) is 0 Å². The van der Waals surface area contributed by atoms with Crippen LogP contribution in [0.2, 0.25) is 0 Å². The van der Waals surface area contributed by atoms with Gasteiger partial charge in [-0.1, -0.05) is 61.6 Å². The van der Waals surface area contributed by atoms with Gasteiger partial charge < -0.3 is 0 Å². The van der Waals surface area contributed by atoms with Crippen molar-refractivity contribution in [2.45, 2.75) is 39.7 Å². The molecule has 24 heavy (non-hydrogen) atoms. The number of hydrogen-bond donors (Lipinski definition) is 0. The second-order valence-corrected chi connectivity index (χ2v) is 9.41. The van der Waals surface area contributed by atoms with Crippen LogP contribution in [0.15, 0.2) is 76.6 Å². The van der Waals surface area contributed by atoms with E-state index in [1.165, 1.54) is 20.9 Å². The molecule has 2 spiro atoms. The zero-order chi connectivity index (χ0) is 16.4. The molecule has 0 saturated carbocycles. The average Bonchev–Trinajstić information content (AvgIpc) is 3.10. The standard InChI is InChI=1S/C22H20S2/c1-15-8-7-11-19-20(15)16(2)22(24-19)13-6-5-12-21(22)14-23-18-10-4-3-9-17(18)21/h3-13,16H,14H2,1-2H3. The summed E-state index contributed by atoms with van der Waals surface area (Å²) >= 11 is 4.11. The van der Waals surface area contributed by atoms with Crippen LogP contribution in [0.4, 0.5) is 0 Å². The third-order valence-electron chi connectivity index (χ3n) is 6.00. The molecular formula is C22H20S2. The minimum Gasteiger partial charge on any atom is -0.125 e. The largest absolute Gasteiger partial charge is 0.125 e. The van der Waals surface area contributed by atoms with E-state index in [1.807, 2.05) is 11.8 Å². The number of aryl methyl sites for hydroxylation is 1. The van der Waals surface area contributed by atoms with Crippen molar-refractivity contribution in [2.24, 2.45) is 0 Å². The Morgan fingerprint density at radius 3 is 2.62 bits per heavy atom. The summed E-state index contributed by atoms with van der Waals surface area (Å²) in [5.74, 6) is 1.64. The molecule has 3 unspecified atom stereocenters. The smallest absolute Gasteiger partial charge is 0.0595 e. The van der Waals surface area contributed by atoms with Crippen LogP contribution in [0.1, 0.15) is 29.5 Å². The molecular weight excluding hydrogens is 328 g/mol. The van der Waals surface area contributed by atoms with E-state index in [2.05, 4.69) is 92.4 Å². The Kier molecular flexibility index (Phi) is 3.15. The third kappa shape index (κ3) is 1.69. The van der Waals surface area contributed by atoms with Crippen molar-refractivity contribution in [2.75, 3.05) is 5.75 Å². The van der Waals surface area contributed by atoms with Crippen molar-refractivity contribution in [3.63, 3.8) is 0 Å². The average molecular weight is 349 g/mol. The number of fused-ring (bicyclic) bond motifs is 4. The molecule has 0 aromatic heterocycles. The second-order valence-electron chi connectivity index (χ2n) is 7.08. The van der Waals surface area contributed by atoms with E-state index in [0.717, 1.165) is 5.75 Å². The zero-order valence-electron chi connectivity index (χ0n) is 14.0. The van der Waals surface area contributed by atoms with Crippen LogP contribution in [0.25, 0.3) is 0 Å². The zero-order valence-corrected chi connectivity index (χ0v) is 15.6. The Hall–Kier alpha value is -1.38. The number of allylic oxidation sites excluding steroid dienone is 3. The first-order valence-electron chi connectivity index (χ1n) is 8.56. The lowest BCUT2D eigenvalue weighted by Crippen LogP contribution is -2.49. The lowest BCUT2D eigenvalue weighted by molar-refractivity contribution is 0.429. The maximum absolute atomic E-state index is 2.49. The van der Waals surface area contributed by atoms with Crippen molar-refractivity contribution in [3.05, 3.63) is 83.5 Å². The summed E-state index contributed by atoms with van der Waals surface area (Å²) in [5, 5.41) is 0. The summed E-state index contributed by atoms with van der Waals surface area (Å²) in [7, 11) is 0. The van der Waals surface area contributed by atoms with Gasteiger partial charge in [0.2, 0.25) is 0 Å². The first-order chi connectivity index (χ1) is 11.7. The molecule has 0 amide bonds. The van der Waals surface area contributed by atoms with Crippen molar-refractivity contribution < 1.29 is 0 Å². The number of hydrogen-bond acceptors (Lipinski definition) is 2. The van der Waals surface area contributed by atoms with E-state index in [9.17, 15) is 0 Å². The van der Waals surface area contributed by atoms with Gasteiger partial charge in [-0.3, -0.25) is 0 Å². The van der Waals surface area contributed by atoms with Gasteiger partial charge in [0.1, 0.15) is 0 Å². The molecule has 0 bridgehead atoms. The van der Waals surface area contributed by atoms with Crippen LogP contribution in [-0.2, 0) is 5.41 Å². The summed E-state index contributed by atoms with van der Waals surface area (Å²) in [5.41, 5.74) is 4.58. The molecule has 0 nitrogen and oxygen atoms in total. The molecule has 0 fully saturated rings. The van der Waals surface area contributed by atoms with Crippen molar-refractivity contribution in [3.8, 4) is 0 Å². The van der Waals surface area contributed by atoms with Gasteiger partial charge in [-0.05, 0) is 35.7 Å². The molecule has 3 aliphatic rings. The number of thioether (sulfide) groups is 2. The fraction of sp³-hybridized carbons (Fsp3) is 0.273. The molecule has 3 atom stereocenters. The molecule has 2 aromatic carbocycles. The van der Waals surface area contributed by atoms with Gasteiger partial charge in [0.25, 0.3) is 0 Å². The maximum Gasteiger partial charge on any atom is 0.0595 e. The van der Waals surface area contributed by atoms with Gasteiger partial charge in [0, 0.05) is 26.9 Å². The highest BCUT2D eigenvalue weighted by molar-refractivity contribution is 8.02. The minimum absolute atomic E-state index is 0.0792. The van der Waals surface area contributed by atoms with Gasteiger partial charge >= 0.3 is 0 Å². The van der Waals surface area contributed by atoms with E-state index < -0.39 is 0 Å². The summed E-state index contributed by atoms with van der Waals surface area (Å²) in [6.07, 6.45) is 9.50. The predicted molar refractivity (Wildman–Crippen MR) is 105 cm³/mol. The Morgan fingerprint density at radius 1 is 0.958 bits per heavy atom. The summed E-state index contributed by atoms with van der Waals surface area (Å²) in [4.78, 5) is 2.92. The molecule has 2 heteroatoms. The Morgan fingerprint density at radius 2 is 1.75 bits per heavy atom. The first kappa shape index (κ1) is 14.9. The quantitative estimate of drug-likeness (QED) is 0.563. The molecule has 5 rings (SSSR count). The highest BCUT2D eigenvalue weighted by Crippen LogP contribution is 2.67. The predicted octanol–water partition coefficient (Wildman–Crippen LogP) is 6.11.